The zero-order valence-electron chi connectivity index (χ0n) is 30.4. The van der Waals surface area contributed by atoms with Crippen molar-refractivity contribution in [3.05, 3.63) is 0 Å². The van der Waals surface area contributed by atoms with Gasteiger partial charge in [-0.2, -0.15) is 149 Å². The predicted molar refractivity (Wildman–Crippen MR) is 149 cm³/mol. The van der Waals surface area contributed by atoms with E-state index in [9.17, 15) is 168 Å². The van der Waals surface area contributed by atoms with E-state index in [1.807, 2.05) is 0 Å². The first-order valence-corrected chi connectivity index (χ1v) is 19.3. The molecule has 1 aliphatic rings. The van der Waals surface area contributed by atoms with Gasteiger partial charge < -0.3 is 4.89 Å². The van der Waals surface area contributed by atoms with E-state index in [1.165, 1.54) is 0 Å². The van der Waals surface area contributed by atoms with Crippen LogP contribution in [0.4, 0.5) is 158 Å². The molecule has 1 N–H and O–H groups in total. The zero-order valence-corrected chi connectivity index (χ0v) is 33.0. The Morgan fingerprint density at radius 2 is 0.574 bits per heavy atom. The molecule has 2 atom stereocenters. The molecule has 1 fully saturated rings. The average Bonchev–Trinajstić information content (AvgIpc) is 3.11. The predicted octanol–water partition coefficient (Wildman–Crippen LogP) is 14.0. The highest BCUT2D eigenvalue weighted by atomic mass is 32.2. The Balaban J connectivity index is 3.47. The summed E-state index contributed by atoms with van der Waals surface area (Å²) in [5, 5.41) is 0. The maximum absolute atomic E-state index is 14.6. The molecule has 0 saturated carbocycles. The fourth-order valence-electron chi connectivity index (χ4n) is 4.43. The summed E-state index contributed by atoms with van der Waals surface area (Å²) in [5.41, 5.74) is -11.4. The molecule has 43 heteroatoms. The molecule has 0 aliphatic carbocycles. The van der Waals surface area contributed by atoms with Crippen LogP contribution in [0, 0.1) is 5.41 Å². The highest BCUT2D eigenvalue weighted by Crippen LogP contribution is 2.67. The van der Waals surface area contributed by atoms with Crippen molar-refractivity contribution in [3.63, 3.8) is 0 Å². The summed E-state index contributed by atoms with van der Waals surface area (Å²) >= 11 is -2.47. The van der Waals surface area contributed by atoms with Gasteiger partial charge in [-0.3, -0.25) is 9.05 Å². The second kappa shape index (κ2) is 18.0. The third kappa shape index (κ3) is 10.0. The van der Waals surface area contributed by atoms with Crippen molar-refractivity contribution in [3.8, 4) is 0 Å². The summed E-state index contributed by atoms with van der Waals surface area (Å²) in [4.78, 5) is 9.24. The van der Waals surface area contributed by atoms with Gasteiger partial charge in [-0.1, -0.05) is 0 Å². The van der Waals surface area contributed by atoms with Crippen LogP contribution < -0.4 is 0 Å². The van der Waals surface area contributed by atoms with Crippen LogP contribution in [0.1, 0.15) is 12.8 Å². The molecule has 0 bridgehead atoms. The molecule has 1 heterocycles. The zero-order chi connectivity index (χ0) is 55.2. The van der Waals surface area contributed by atoms with Crippen molar-refractivity contribution in [1.82, 2.24) is 0 Å². The van der Waals surface area contributed by atoms with Gasteiger partial charge in [0.25, 0.3) is 0 Å². The first-order valence-electron chi connectivity index (χ1n) is 15.7. The third-order valence-corrected chi connectivity index (χ3v) is 12.1. The normalized spacial score (nSPS) is 22.7. The molecule has 0 aromatic rings. The van der Waals surface area contributed by atoms with Crippen LogP contribution in [0.15, 0.2) is 0 Å². The van der Waals surface area contributed by atoms with Gasteiger partial charge in [-0.25, -0.2) is 13.3 Å². The second-order valence-electron chi connectivity index (χ2n) is 13.7. The number of hydrogen-bond donors (Lipinski definition) is 1. The van der Waals surface area contributed by atoms with Gasteiger partial charge in [0.2, 0.25) is 0 Å². The average molecular weight is 1160 g/mol. The summed E-state index contributed by atoms with van der Waals surface area (Å²) in [6.07, 6.45) is -23.9. The number of rotatable bonds is 22. The summed E-state index contributed by atoms with van der Waals surface area (Å²) in [5.74, 6) is -125. The van der Waals surface area contributed by atoms with Gasteiger partial charge >= 0.3 is 103 Å². The molecule has 408 valence electrons. The van der Waals surface area contributed by atoms with Crippen LogP contribution in [0.2, 0.25) is 0 Å². The smallest absolute Gasteiger partial charge is 0.302 e. The van der Waals surface area contributed by atoms with Gasteiger partial charge in [0.05, 0.1) is 26.1 Å². The lowest BCUT2D eigenvalue weighted by atomic mass is 9.88. The Labute approximate surface area is 357 Å². The van der Waals surface area contributed by atoms with Gasteiger partial charge in [0, 0.05) is 16.9 Å². The molecule has 68 heavy (non-hydrogen) atoms. The van der Waals surface area contributed by atoms with E-state index in [1.54, 1.807) is 0 Å². The minimum absolute atomic E-state index is 1.24. The number of hydrogen-bond acceptors (Lipinski definition) is 5. The number of phosphoric ester groups is 1. The van der Waals surface area contributed by atoms with Gasteiger partial charge in [-0.05, 0) is 0 Å². The van der Waals surface area contributed by atoms with Crippen LogP contribution >= 0.6 is 31.3 Å². The Morgan fingerprint density at radius 3 is 0.779 bits per heavy atom. The number of thioether (sulfide) groups is 2. The van der Waals surface area contributed by atoms with E-state index in [-0.39, 0.29) is 0 Å². The lowest BCUT2D eigenvalue weighted by molar-refractivity contribution is -0.462. The van der Waals surface area contributed by atoms with E-state index in [2.05, 4.69) is 9.05 Å². The van der Waals surface area contributed by atoms with Crippen molar-refractivity contribution in [2.75, 3.05) is 24.7 Å². The Kier molecular flexibility index (Phi) is 17.1. The summed E-state index contributed by atoms with van der Waals surface area (Å²) in [6, 6.07) is 0. The Hall–Kier alpha value is -1.71. The SMILES string of the molecule is O=P1(O)OCC(CSC(F)CC(F)(F)C(F)(F)C(F)(F)C(F)(F)C(F)(F)C(F)(F)C(F)(F)C(F)(F)F)(CSC(F)CC(F)(F)C(F)(F)C(F)(F)C(F)(F)C(F)(F)C(F)(F)C(F)(F)C(F)(F)F)CO1. The van der Waals surface area contributed by atoms with Crippen LogP contribution in [-0.4, -0.2) is 136 Å². The number of halogens is 36. The first-order chi connectivity index (χ1) is 29.1. The summed E-state index contributed by atoms with van der Waals surface area (Å²) < 4.78 is 508. The highest BCUT2D eigenvalue weighted by Gasteiger charge is 2.97. The fourth-order valence-corrected chi connectivity index (χ4v) is 7.77. The molecule has 0 radical (unpaired) electrons. The molecule has 2 unspecified atom stereocenters. The highest BCUT2D eigenvalue weighted by molar-refractivity contribution is 8.00. The van der Waals surface area contributed by atoms with Crippen LogP contribution in [0.25, 0.3) is 0 Å². The molecular formula is C25H15F36O4PS2. The maximum Gasteiger partial charge on any atom is 0.472 e. The van der Waals surface area contributed by atoms with Crippen molar-refractivity contribution in [2.24, 2.45) is 5.41 Å². The molecule has 1 saturated heterocycles. The molecule has 0 aromatic heterocycles. The fraction of sp³-hybridized carbons (Fsp3) is 1.00. The largest absolute Gasteiger partial charge is 0.472 e. The molecule has 1 rings (SSSR count). The standard InChI is InChI=1S/C25H15F36O4PS2/c26-7(1-10(28,29)12(32,33)14(36,37)16(40,41)18(44,45)20(48,49)22(52,53)24(56,57)58)67-5-9(3-64-66(62,63)65-4-9)6-68-8(27)2-11(30,31)13(34,35)15(38,39)17(42,43)19(46,47)21(50,51)23(54,55)25(59,60)61/h7-8H,1-6H2,(H,62,63). The van der Waals surface area contributed by atoms with Crippen molar-refractivity contribution < 1.29 is 177 Å². The molecule has 0 spiro atoms. The third-order valence-electron chi connectivity index (χ3n) is 8.62. The van der Waals surface area contributed by atoms with Crippen LogP contribution in [0.3, 0.4) is 0 Å². The van der Waals surface area contributed by atoms with E-state index in [0.717, 1.165) is 0 Å². The van der Waals surface area contributed by atoms with Gasteiger partial charge in [0.15, 0.2) is 11.0 Å². The van der Waals surface area contributed by atoms with Crippen LogP contribution in [0.5, 0.6) is 0 Å². The molecule has 1 aliphatic heterocycles. The van der Waals surface area contributed by atoms with E-state index in [0.29, 0.717) is 0 Å². The van der Waals surface area contributed by atoms with Crippen molar-refractivity contribution in [1.29, 1.82) is 0 Å². The quantitative estimate of drug-likeness (QED) is 0.0861. The summed E-state index contributed by atoms with van der Waals surface area (Å²) in [7, 11) is -5.43. The van der Waals surface area contributed by atoms with Gasteiger partial charge in [-0.15, -0.1) is 23.5 Å². The molecule has 0 aromatic carbocycles. The molecule has 4 nitrogen and oxygen atoms in total. The Morgan fingerprint density at radius 1 is 0.382 bits per heavy atom. The van der Waals surface area contributed by atoms with E-state index < -0.39 is 181 Å². The lowest BCUT2D eigenvalue weighted by Crippen LogP contribution is -2.74. The minimum Gasteiger partial charge on any atom is -0.302 e. The second-order valence-corrected chi connectivity index (χ2v) is 17.4. The number of phosphoric acid groups is 1. The lowest BCUT2D eigenvalue weighted by Gasteiger charge is -2.43. The number of alkyl halides is 36. The first kappa shape index (κ1) is 64.3. The summed E-state index contributed by atoms with van der Waals surface area (Å²) in [6.45, 7) is -3.60. The topological polar surface area (TPSA) is 55.8 Å². The monoisotopic (exact) mass is 1160 g/mol. The van der Waals surface area contributed by atoms with Crippen molar-refractivity contribution in [2.45, 2.75) is 119 Å². The van der Waals surface area contributed by atoms with E-state index in [4.69, 9.17) is 0 Å². The minimum atomic E-state index is -9.12. The van der Waals surface area contributed by atoms with E-state index >= 15 is 0 Å². The Bertz CT molecular complexity index is 1690. The van der Waals surface area contributed by atoms with Gasteiger partial charge in [0.1, 0.15) is 0 Å². The maximum atomic E-state index is 14.6. The van der Waals surface area contributed by atoms with Crippen molar-refractivity contribution >= 4 is 31.3 Å². The van der Waals surface area contributed by atoms with Crippen LogP contribution in [-0.2, 0) is 13.6 Å². The molecule has 0 amide bonds. The molecular weight excluding hydrogens is 1140 g/mol.